The molecule has 1 saturated heterocycles. The molecular formula is C28H27ClN2O10. The molecule has 1 fully saturated rings. The molecule has 41 heavy (non-hydrogen) atoms. The van der Waals surface area contributed by atoms with Gasteiger partial charge >= 0.3 is 11.9 Å². The lowest BCUT2D eigenvalue weighted by Gasteiger charge is -2.21. The lowest BCUT2D eigenvalue weighted by Crippen LogP contribution is -2.44. The molecule has 0 unspecified atom stereocenters. The topological polar surface area (TPSA) is 192 Å². The number of esters is 2. The van der Waals surface area contributed by atoms with Crippen LogP contribution in [-0.2, 0) is 9.47 Å². The molecule has 1 aliphatic rings. The number of phenols is 4. The second-order valence-electron chi connectivity index (χ2n) is 8.84. The van der Waals surface area contributed by atoms with Crippen LogP contribution in [-0.4, -0.2) is 75.9 Å². The van der Waals surface area contributed by atoms with Crippen LogP contribution in [0.15, 0.2) is 54.6 Å². The van der Waals surface area contributed by atoms with Gasteiger partial charge in [-0.3, -0.25) is 9.59 Å². The van der Waals surface area contributed by atoms with Crippen molar-refractivity contribution in [3.05, 3.63) is 82.4 Å². The minimum Gasteiger partial charge on any atom is -0.507 e. The molecular weight excluding hydrogens is 560 g/mol. The van der Waals surface area contributed by atoms with Crippen molar-refractivity contribution in [3.8, 4) is 23.0 Å². The van der Waals surface area contributed by atoms with Gasteiger partial charge in [0.1, 0.15) is 34.7 Å². The molecule has 0 spiro atoms. The highest BCUT2D eigenvalue weighted by molar-refractivity contribution is 6.18. The first-order chi connectivity index (χ1) is 19.1. The number of aromatic hydroxyl groups is 4. The standard InChI is InChI=1S/C28H26N2O10.ClH/c1-2-39-28(38)16-7-5-9-19(32)23(16)25(35)24-20(33)10-14(11-21(24)34)27(37)40-22-13-29-12-17(22)30-26(36)15-6-3-4-8-18(15)31;/h3-11,17,22,29,31-34H,2,12-13H2,1H3,(H,30,36);1H/t17-,22-;/m0./s1. The minimum atomic E-state index is -1.08. The van der Waals surface area contributed by atoms with Gasteiger partial charge in [-0.25, -0.2) is 9.59 Å². The molecule has 6 N–H and O–H groups in total. The van der Waals surface area contributed by atoms with Crippen LogP contribution in [0.25, 0.3) is 0 Å². The predicted molar refractivity (Wildman–Crippen MR) is 146 cm³/mol. The molecule has 3 aromatic rings. The molecule has 2 atom stereocenters. The zero-order valence-corrected chi connectivity index (χ0v) is 22.4. The number of carbonyl (C=O) groups is 4. The Bertz CT molecular complexity index is 1470. The van der Waals surface area contributed by atoms with Crippen LogP contribution in [0.3, 0.4) is 0 Å². The first-order valence-electron chi connectivity index (χ1n) is 12.2. The SMILES string of the molecule is CCOC(=O)c1cccc(O)c1C(=O)c1c(O)cc(C(=O)O[C@H]2CNC[C@@H]2NC(=O)c2ccccc2O)cc1O.Cl. The molecule has 216 valence electrons. The fourth-order valence-electron chi connectivity index (χ4n) is 4.28. The van der Waals surface area contributed by atoms with Crippen molar-refractivity contribution in [1.82, 2.24) is 10.6 Å². The van der Waals surface area contributed by atoms with Gasteiger partial charge < -0.3 is 40.5 Å². The smallest absolute Gasteiger partial charge is 0.339 e. The van der Waals surface area contributed by atoms with Gasteiger partial charge in [-0.2, -0.15) is 0 Å². The summed E-state index contributed by atoms with van der Waals surface area (Å²) in [6.45, 7) is 2.02. The maximum absolute atomic E-state index is 13.2. The number of phenolic OH excluding ortho intramolecular Hbond substituents is 4. The number of benzene rings is 3. The van der Waals surface area contributed by atoms with Gasteiger partial charge in [0.05, 0.1) is 34.9 Å². The molecule has 0 bridgehead atoms. The van der Waals surface area contributed by atoms with Crippen molar-refractivity contribution in [1.29, 1.82) is 0 Å². The highest BCUT2D eigenvalue weighted by atomic mass is 35.5. The number of carbonyl (C=O) groups excluding carboxylic acids is 4. The second-order valence-corrected chi connectivity index (χ2v) is 8.84. The Morgan fingerprint density at radius 1 is 0.829 bits per heavy atom. The Hall–Kier alpha value is -4.81. The minimum absolute atomic E-state index is 0. The molecule has 13 heteroatoms. The van der Waals surface area contributed by atoms with Crippen LogP contribution in [0.5, 0.6) is 23.0 Å². The van der Waals surface area contributed by atoms with E-state index in [1.807, 2.05) is 0 Å². The number of ether oxygens (including phenoxy) is 2. The number of hydrogen-bond acceptors (Lipinski definition) is 11. The number of halogens is 1. The van der Waals surface area contributed by atoms with E-state index >= 15 is 0 Å². The lowest BCUT2D eigenvalue weighted by molar-refractivity contribution is 0.0282. The van der Waals surface area contributed by atoms with Gasteiger partial charge in [-0.05, 0) is 43.3 Å². The van der Waals surface area contributed by atoms with E-state index in [0.29, 0.717) is 0 Å². The fourth-order valence-corrected chi connectivity index (χ4v) is 4.28. The van der Waals surface area contributed by atoms with Crippen LogP contribution in [0.1, 0.15) is 53.9 Å². The van der Waals surface area contributed by atoms with Crippen molar-refractivity contribution in [2.24, 2.45) is 0 Å². The highest BCUT2D eigenvalue weighted by Crippen LogP contribution is 2.35. The monoisotopic (exact) mass is 586 g/mol. The van der Waals surface area contributed by atoms with Gasteiger partial charge in [-0.15, -0.1) is 12.4 Å². The van der Waals surface area contributed by atoms with Gasteiger partial charge in [-0.1, -0.05) is 18.2 Å². The zero-order valence-electron chi connectivity index (χ0n) is 21.6. The number of amides is 1. The van der Waals surface area contributed by atoms with E-state index in [4.69, 9.17) is 9.47 Å². The number of nitrogens with one attached hydrogen (secondary N) is 2. The first-order valence-corrected chi connectivity index (χ1v) is 12.2. The zero-order chi connectivity index (χ0) is 29.0. The maximum Gasteiger partial charge on any atom is 0.339 e. The summed E-state index contributed by atoms with van der Waals surface area (Å²) in [5.74, 6) is -5.90. The Morgan fingerprint density at radius 2 is 1.46 bits per heavy atom. The molecule has 0 saturated carbocycles. The summed E-state index contributed by atoms with van der Waals surface area (Å²) in [6, 6.07) is 10.8. The van der Waals surface area contributed by atoms with E-state index in [9.17, 15) is 39.6 Å². The van der Waals surface area contributed by atoms with Gasteiger partial charge in [0, 0.05) is 13.1 Å². The quantitative estimate of drug-likeness (QED) is 0.167. The third-order valence-electron chi connectivity index (χ3n) is 6.21. The highest BCUT2D eigenvalue weighted by Gasteiger charge is 2.34. The second kappa shape index (κ2) is 13.0. The van der Waals surface area contributed by atoms with E-state index < -0.39 is 64.2 Å². The Balaban J connectivity index is 0.00000462. The number of hydrogen-bond donors (Lipinski definition) is 6. The van der Waals surface area contributed by atoms with Crippen molar-refractivity contribution in [2.45, 2.75) is 19.1 Å². The van der Waals surface area contributed by atoms with E-state index in [1.54, 1.807) is 19.1 Å². The Kier molecular flexibility index (Phi) is 9.76. The first kappa shape index (κ1) is 30.7. The average molecular weight is 587 g/mol. The van der Waals surface area contributed by atoms with E-state index in [-0.39, 0.29) is 54.5 Å². The molecule has 1 amide bonds. The molecule has 4 rings (SSSR count). The number of para-hydroxylation sites is 1. The summed E-state index contributed by atoms with van der Waals surface area (Å²) in [4.78, 5) is 51.0. The molecule has 0 radical (unpaired) electrons. The predicted octanol–water partition coefficient (Wildman–Crippen LogP) is 2.27. The van der Waals surface area contributed by atoms with Gasteiger partial charge in [0.2, 0.25) is 5.78 Å². The van der Waals surface area contributed by atoms with Crippen LogP contribution >= 0.6 is 12.4 Å². The molecule has 12 nitrogen and oxygen atoms in total. The third-order valence-corrected chi connectivity index (χ3v) is 6.21. The van der Waals surface area contributed by atoms with Crippen LogP contribution < -0.4 is 10.6 Å². The Labute approximate surface area is 239 Å². The van der Waals surface area contributed by atoms with Crippen molar-refractivity contribution < 1.29 is 49.1 Å². The summed E-state index contributed by atoms with van der Waals surface area (Å²) in [6.07, 6.45) is -0.832. The normalized spacial score (nSPS) is 15.8. The summed E-state index contributed by atoms with van der Waals surface area (Å²) >= 11 is 0. The van der Waals surface area contributed by atoms with Crippen molar-refractivity contribution >= 4 is 36.0 Å². The summed E-state index contributed by atoms with van der Waals surface area (Å²) < 4.78 is 10.4. The third kappa shape index (κ3) is 6.51. The van der Waals surface area contributed by atoms with E-state index in [0.717, 1.165) is 18.2 Å². The average Bonchev–Trinajstić information content (AvgIpc) is 3.34. The molecule has 0 aliphatic carbocycles. The van der Waals surface area contributed by atoms with E-state index in [1.165, 1.54) is 24.3 Å². The summed E-state index contributed by atoms with van der Waals surface area (Å²) in [5, 5.41) is 47.0. The van der Waals surface area contributed by atoms with Crippen LogP contribution in [0.4, 0.5) is 0 Å². The largest absolute Gasteiger partial charge is 0.507 e. The van der Waals surface area contributed by atoms with E-state index in [2.05, 4.69) is 10.6 Å². The maximum atomic E-state index is 13.2. The summed E-state index contributed by atoms with van der Waals surface area (Å²) in [7, 11) is 0. The summed E-state index contributed by atoms with van der Waals surface area (Å²) in [5.41, 5.74) is -1.68. The number of ketones is 1. The number of rotatable bonds is 8. The molecule has 3 aromatic carbocycles. The van der Waals surface area contributed by atoms with Crippen molar-refractivity contribution in [3.63, 3.8) is 0 Å². The van der Waals surface area contributed by atoms with Crippen LogP contribution in [0.2, 0.25) is 0 Å². The van der Waals surface area contributed by atoms with Gasteiger partial charge in [0.15, 0.2) is 0 Å². The van der Waals surface area contributed by atoms with Gasteiger partial charge in [0.25, 0.3) is 5.91 Å². The molecule has 0 aromatic heterocycles. The van der Waals surface area contributed by atoms with Crippen molar-refractivity contribution in [2.75, 3.05) is 19.7 Å². The molecule has 1 aliphatic heterocycles. The Morgan fingerprint density at radius 3 is 2.12 bits per heavy atom. The fraction of sp³-hybridized carbons (Fsp3) is 0.214. The molecule has 1 heterocycles. The van der Waals surface area contributed by atoms with Crippen LogP contribution in [0, 0.1) is 0 Å². The lowest BCUT2D eigenvalue weighted by atomic mass is 9.95.